The van der Waals surface area contributed by atoms with Crippen molar-refractivity contribution in [2.75, 3.05) is 18.6 Å². The van der Waals surface area contributed by atoms with Crippen LogP contribution in [0.4, 0.5) is 11.4 Å². The summed E-state index contributed by atoms with van der Waals surface area (Å²) >= 11 is 0. The minimum Gasteiger partial charge on any atom is -0.495 e. The minimum atomic E-state index is -1.23. The van der Waals surface area contributed by atoms with E-state index in [1.165, 1.54) is 25.3 Å². The molecule has 0 radical (unpaired) electrons. The second kappa shape index (κ2) is 5.65. The van der Waals surface area contributed by atoms with E-state index in [4.69, 9.17) is 21.3 Å². The maximum absolute atomic E-state index is 11.3. The van der Waals surface area contributed by atoms with Gasteiger partial charge in [-0.05, 0) is 29.8 Å². The standard InChI is InChI=1S/C15H14N2O5/c1-22-13-8(3-5-11(17)12(13)15(20)21)7-2-4-10(16)9(6-7)14(18)19/h2-6H,16-17H2,1H3,(H,18,19)(H,20,21). The zero-order valence-electron chi connectivity index (χ0n) is 11.7. The van der Waals surface area contributed by atoms with Gasteiger partial charge in [0.1, 0.15) is 11.3 Å². The number of carbonyl (C=O) groups is 2. The van der Waals surface area contributed by atoms with Crippen LogP contribution in [0.1, 0.15) is 20.7 Å². The quantitative estimate of drug-likeness (QED) is 0.633. The number of carboxylic acids is 2. The Labute approximate surface area is 125 Å². The molecule has 114 valence electrons. The third-order valence-corrected chi connectivity index (χ3v) is 3.20. The maximum Gasteiger partial charge on any atom is 0.341 e. The summed E-state index contributed by atoms with van der Waals surface area (Å²) in [4.78, 5) is 22.5. The van der Waals surface area contributed by atoms with Crippen molar-refractivity contribution in [3.05, 3.63) is 41.5 Å². The highest BCUT2D eigenvalue weighted by molar-refractivity contribution is 6.01. The molecule has 2 rings (SSSR count). The highest BCUT2D eigenvalue weighted by Gasteiger charge is 2.20. The second-order valence-electron chi connectivity index (χ2n) is 4.52. The number of ether oxygens (including phenoxy) is 1. The van der Waals surface area contributed by atoms with E-state index < -0.39 is 11.9 Å². The third-order valence-electron chi connectivity index (χ3n) is 3.20. The molecule has 0 amide bonds. The average Bonchev–Trinajstić information content (AvgIpc) is 2.46. The van der Waals surface area contributed by atoms with E-state index in [1.54, 1.807) is 12.1 Å². The first kappa shape index (κ1) is 15.2. The van der Waals surface area contributed by atoms with Gasteiger partial charge in [-0.15, -0.1) is 0 Å². The van der Waals surface area contributed by atoms with Gasteiger partial charge in [-0.2, -0.15) is 0 Å². The maximum atomic E-state index is 11.3. The van der Waals surface area contributed by atoms with Crippen LogP contribution in [-0.4, -0.2) is 29.3 Å². The fourth-order valence-corrected chi connectivity index (χ4v) is 2.17. The normalized spacial score (nSPS) is 10.2. The zero-order valence-corrected chi connectivity index (χ0v) is 11.7. The van der Waals surface area contributed by atoms with Gasteiger partial charge >= 0.3 is 11.9 Å². The van der Waals surface area contributed by atoms with Gasteiger partial charge < -0.3 is 26.4 Å². The topological polar surface area (TPSA) is 136 Å². The Kier molecular flexibility index (Phi) is 3.89. The van der Waals surface area contributed by atoms with Gasteiger partial charge in [0.05, 0.1) is 12.7 Å². The minimum absolute atomic E-state index is 0.0574. The molecule has 0 saturated carbocycles. The summed E-state index contributed by atoms with van der Waals surface area (Å²) in [6, 6.07) is 7.38. The Morgan fingerprint density at radius 2 is 1.64 bits per heavy atom. The number of hydrogen-bond acceptors (Lipinski definition) is 5. The van der Waals surface area contributed by atoms with Gasteiger partial charge in [0.2, 0.25) is 0 Å². The third kappa shape index (κ3) is 2.51. The molecule has 0 aromatic heterocycles. The van der Waals surface area contributed by atoms with Gasteiger partial charge in [0.15, 0.2) is 0 Å². The molecule has 7 nitrogen and oxygen atoms in total. The summed E-state index contributed by atoms with van der Waals surface area (Å²) in [5.74, 6) is -2.34. The van der Waals surface area contributed by atoms with Crippen LogP contribution in [0, 0.1) is 0 Å². The highest BCUT2D eigenvalue weighted by Crippen LogP contribution is 2.37. The molecule has 2 aromatic carbocycles. The lowest BCUT2D eigenvalue weighted by molar-refractivity contribution is 0.0685. The molecule has 0 fully saturated rings. The van der Waals surface area contributed by atoms with Crippen LogP contribution in [0.2, 0.25) is 0 Å². The molecule has 0 unspecified atom stereocenters. The Bertz CT molecular complexity index is 771. The summed E-state index contributed by atoms with van der Waals surface area (Å²) in [5, 5.41) is 18.4. The van der Waals surface area contributed by atoms with E-state index in [1.807, 2.05) is 0 Å². The molecule has 2 aromatic rings. The van der Waals surface area contributed by atoms with E-state index in [0.717, 1.165) is 0 Å². The van der Waals surface area contributed by atoms with Crippen molar-refractivity contribution < 1.29 is 24.5 Å². The highest BCUT2D eigenvalue weighted by atomic mass is 16.5. The number of carboxylic acid groups (broad SMARTS) is 2. The van der Waals surface area contributed by atoms with E-state index in [9.17, 15) is 14.7 Å². The molecule has 0 aliphatic rings. The first-order chi connectivity index (χ1) is 10.4. The Morgan fingerprint density at radius 1 is 1.00 bits per heavy atom. The van der Waals surface area contributed by atoms with Crippen molar-refractivity contribution in [1.82, 2.24) is 0 Å². The van der Waals surface area contributed by atoms with Crippen LogP contribution < -0.4 is 16.2 Å². The predicted octanol–water partition coefficient (Wildman–Crippen LogP) is 1.92. The first-order valence-corrected chi connectivity index (χ1v) is 6.19. The van der Waals surface area contributed by atoms with E-state index >= 15 is 0 Å². The number of nitrogens with two attached hydrogens (primary N) is 2. The van der Waals surface area contributed by atoms with Gasteiger partial charge in [-0.1, -0.05) is 6.07 Å². The number of rotatable bonds is 4. The number of nitrogen functional groups attached to an aromatic ring is 2. The molecule has 0 heterocycles. The molecular formula is C15H14N2O5. The van der Waals surface area contributed by atoms with Crippen molar-refractivity contribution in [3.8, 4) is 16.9 Å². The van der Waals surface area contributed by atoms with E-state index in [0.29, 0.717) is 11.1 Å². The number of anilines is 2. The fourth-order valence-electron chi connectivity index (χ4n) is 2.17. The van der Waals surface area contributed by atoms with Crippen LogP contribution >= 0.6 is 0 Å². The summed E-state index contributed by atoms with van der Waals surface area (Å²) in [7, 11) is 1.32. The fraction of sp³-hybridized carbons (Fsp3) is 0.0667. The lowest BCUT2D eigenvalue weighted by Gasteiger charge is -2.14. The monoisotopic (exact) mass is 302 g/mol. The second-order valence-corrected chi connectivity index (χ2v) is 4.52. The summed E-state index contributed by atoms with van der Waals surface area (Å²) < 4.78 is 5.16. The average molecular weight is 302 g/mol. The number of aromatic carboxylic acids is 2. The first-order valence-electron chi connectivity index (χ1n) is 6.19. The Morgan fingerprint density at radius 3 is 2.18 bits per heavy atom. The summed E-state index contributed by atoms with van der Waals surface area (Å²) in [5.41, 5.74) is 12.1. The van der Waals surface area contributed by atoms with Crippen LogP contribution in [0.25, 0.3) is 11.1 Å². The van der Waals surface area contributed by atoms with Gasteiger partial charge in [-0.3, -0.25) is 0 Å². The molecule has 0 saturated heterocycles. The molecule has 7 heteroatoms. The van der Waals surface area contributed by atoms with Crippen LogP contribution in [0.3, 0.4) is 0 Å². The van der Waals surface area contributed by atoms with Crippen LogP contribution in [0.15, 0.2) is 30.3 Å². The van der Waals surface area contributed by atoms with Crippen LogP contribution in [-0.2, 0) is 0 Å². The van der Waals surface area contributed by atoms with E-state index in [2.05, 4.69) is 0 Å². The summed E-state index contributed by atoms with van der Waals surface area (Å²) in [6.45, 7) is 0. The molecule has 22 heavy (non-hydrogen) atoms. The largest absolute Gasteiger partial charge is 0.495 e. The predicted molar refractivity (Wildman–Crippen MR) is 81.2 cm³/mol. The van der Waals surface area contributed by atoms with Crippen LogP contribution in [0.5, 0.6) is 5.75 Å². The molecule has 0 aliphatic heterocycles. The van der Waals surface area contributed by atoms with Crippen molar-refractivity contribution in [3.63, 3.8) is 0 Å². The van der Waals surface area contributed by atoms with Gasteiger partial charge in [0.25, 0.3) is 0 Å². The lowest BCUT2D eigenvalue weighted by Crippen LogP contribution is -2.07. The molecule has 0 bridgehead atoms. The molecule has 0 atom stereocenters. The smallest absolute Gasteiger partial charge is 0.341 e. The summed E-state index contributed by atoms with van der Waals surface area (Å²) in [6.07, 6.45) is 0. The van der Waals surface area contributed by atoms with Crippen molar-refractivity contribution in [1.29, 1.82) is 0 Å². The van der Waals surface area contributed by atoms with Gasteiger partial charge in [-0.25, -0.2) is 9.59 Å². The number of hydrogen-bond donors (Lipinski definition) is 4. The Hall–Kier alpha value is -3.22. The molecule has 6 N–H and O–H groups in total. The molecular weight excluding hydrogens is 288 g/mol. The zero-order chi connectivity index (χ0) is 16.4. The van der Waals surface area contributed by atoms with Crippen molar-refractivity contribution in [2.24, 2.45) is 0 Å². The Balaban J connectivity index is 2.73. The van der Waals surface area contributed by atoms with Crippen molar-refractivity contribution >= 4 is 23.3 Å². The molecule has 0 aliphatic carbocycles. The van der Waals surface area contributed by atoms with Gasteiger partial charge in [0, 0.05) is 16.9 Å². The van der Waals surface area contributed by atoms with E-state index in [-0.39, 0.29) is 28.3 Å². The van der Waals surface area contributed by atoms with Crippen molar-refractivity contribution in [2.45, 2.75) is 0 Å². The SMILES string of the molecule is COc1c(-c2ccc(N)c(C(=O)O)c2)ccc(N)c1C(=O)O. The lowest BCUT2D eigenvalue weighted by atomic mass is 9.97. The number of methoxy groups -OCH3 is 1. The number of benzene rings is 2. The molecule has 0 spiro atoms.